The first-order chi connectivity index (χ1) is 5.83. The molecule has 0 aliphatic rings. The molecule has 0 bridgehead atoms. The first kappa shape index (κ1) is 9.35. The van der Waals surface area contributed by atoms with Crippen molar-refractivity contribution in [1.29, 1.82) is 0 Å². The van der Waals surface area contributed by atoms with Crippen molar-refractivity contribution in [1.82, 2.24) is 0 Å². The zero-order chi connectivity index (χ0) is 8.81. The number of rotatable bonds is 3. The maximum atomic E-state index is 3.71. The zero-order valence-corrected chi connectivity index (χ0v) is 9.67. The normalized spacial score (nSPS) is 10.0. The second-order valence-corrected chi connectivity index (χ2v) is 4.04. The van der Waals surface area contributed by atoms with Crippen molar-refractivity contribution in [3.8, 4) is 0 Å². The molecule has 0 aromatic heterocycles. The van der Waals surface area contributed by atoms with Gasteiger partial charge in [0.05, 0.1) is 0 Å². The molecule has 0 nitrogen and oxygen atoms in total. The van der Waals surface area contributed by atoms with E-state index in [0.29, 0.717) is 0 Å². The quantitative estimate of drug-likeness (QED) is 0.801. The molecule has 0 atom stereocenters. The van der Waals surface area contributed by atoms with Gasteiger partial charge in [-0.05, 0) is 0 Å². The molecule has 12 heavy (non-hydrogen) atoms. The van der Waals surface area contributed by atoms with Crippen LogP contribution in [-0.4, -0.2) is 3.90 Å². The summed E-state index contributed by atoms with van der Waals surface area (Å²) >= 11 is 1.45. The third-order valence-corrected chi connectivity index (χ3v) is 2.53. The van der Waals surface area contributed by atoms with Crippen molar-refractivity contribution in [2.75, 3.05) is 0 Å². The molecule has 1 aromatic carbocycles. The Hall–Kier alpha value is -0.742. The molecule has 0 fully saturated rings. The second-order valence-electron chi connectivity index (χ2n) is 2.35. The van der Waals surface area contributed by atoms with Crippen LogP contribution in [0.2, 0.25) is 0 Å². The van der Waals surface area contributed by atoms with Crippen molar-refractivity contribution < 1.29 is 19.4 Å². The Morgan fingerprint density at radius 3 is 2.50 bits per heavy atom. The summed E-state index contributed by atoms with van der Waals surface area (Å²) in [6.45, 7) is 3.71. The predicted octanol–water partition coefficient (Wildman–Crippen LogP) is 2.61. The van der Waals surface area contributed by atoms with Gasteiger partial charge in [-0.15, -0.1) is 0 Å². The third kappa shape index (κ3) is 3.11. The van der Waals surface area contributed by atoms with Crippen LogP contribution in [-0.2, 0) is 19.4 Å². The predicted molar refractivity (Wildman–Crippen MR) is 50.7 cm³/mol. The van der Waals surface area contributed by atoms with Crippen LogP contribution in [0.4, 0.5) is 0 Å². The van der Waals surface area contributed by atoms with Gasteiger partial charge in [0.15, 0.2) is 0 Å². The molecule has 0 aliphatic heterocycles. The monoisotopic (exact) mass is 326 g/mol. The fourth-order valence-corrected chi connectivity index (χ4v) is 1.06. The van der Waals surface area contributed by atoms with Gasteiger partial charge in [0.1, 0.15) is 0 Å². The Kier molecular flexibility index (Phi) is 3.90. The van der Waals surface area contributed by atoms with Gasteiger partial charge in [0.25, 0.3) is 0 Å². The van der Waals surface area contributed by atoms with Gasteiger partial charge in [0, 0.05) is 0 Å². The van der Waals surface area contributed by atoms with E-state index in [-0.39, 0.29) is 0 Å². The standard InChI is InChI=1S/C11H10.W/c1-2-3-5-8-11-9-6-4-7-10-11;/h2,4-10H,1H2;/b8-5+;. The molecule has 1 aromatic rings. The van der Waals surface area contributed by atoms with Crippen LogP contribution < -0.4 is 0 Å². The Balaban J connectivity index is 2.70. The summed E-state index contributed by atoms with van der Waals surface area (Å²) in [5.74, 6) is 0. The molecular formula is C11H10W. The maximum absolute atomic E-state index is 3.71. The summed E-state index contributed by atoms with van der Waals surface area (Å²) in [5, 5.41) is 0. The van der Waals surface area contributed by atoms with Crippen LogP contribution in [0.1, 0.15) is 5.56 Å². The van der Waals surface area contributed by atoms with Crippen LogP contribution >= 0.6 is 0 Å². The molecule has 0 N–H and O–H groups in total. The minimum atomic E-state index is 1.23. The summed E-state index contributed by atoms with van der Waals surface area (Å²) in [6.07, 6.45) is 6.08. The van der Waals surface area contributed by atoms with Gasteiger partial charge >= 0.3 is 84.0 Å². The van der Waals surface area contributed by atoms with Crippen molar-refractivity contribution in [2.24, 2.45) is 0 Å². The third-order valence-electron chi connectivity index (χ3n) is 1.44. The number of hydrogen-bond donors (Lipinski definition) is 0. The fourth-order valence-electron chi connectivity index (χ4n) is 0.811. The van der Waals surface area contributed by atoms with E-state index in [1.54, 1.807) is 0 Å². The summed E-state index contributed by atoms with van der Waals surface area (Å²) in [4.78, 5) is 0. The minimum absolute atomic E-state index is 1.23. The van der Waals surface area contributed by atoms with Crippen LogP contribution in [0.25, 0.3) is 6.08 Å². The van der Waals surface area contributed by atoms with E-state index < -0.39 is 0 Å². The van der Waals surface area contributed by atoms with Gasteiger partial charge in [-0.2, -0.15) is 0 Å². The van der Waals surface area contributed by atoms with Gasteiger partial charge in [-0.3, -0.25) is 0 Å². The Labute approximate surface area is 84.0 Å². The van der Waals surface area contributed by atoms with Crippen LogP contribution in [0.5, 0.6) is 0 Å². The number of allylic oxidation sites excluding steroid dienone is 2. The van der Waals surface area contributed by atoms with E-state index in [0.717, 1.165) is 0 Å². The average Bonchev–Trinajstić information content (AvgIpc) is 2.16. The number of benzene rings is 1. The second kappa shape index (κ2) is 5.00. The van der Waals surface area contributed by atoms with Crippen molar-refractivity contribution in [2.45, 2.75) is 0 Å². The Morgan fingerprint density at radius 2 is 1.92 bits per heavy atom. The van der Waals surface area contributed by atoms with Crippen LogP contribution in [0.15, 0.2) is 49.1 Å². The molecule has 0 spiro atoms. The van der Waals surface area contributed by atoms with Crippen LogP contribution in [0.3, 0.4) is 0 Å². The molecule has 1 rings (SSSR count). The molecule has 0 heterocycles. The Morgan fingerprint density at radius 1 is 1.25 bits per heavy atom. The van der Waals surface area contributed by atoms with Gasteiger partial charge < -0.3 is 0 Å². The molecule has 0 amide bonds. The van der Waals surface area contributed by atoms with E-state index >= 15 is 0 Å². The average molecular weight is 326 g/mol. The van der Waals surface area contributed by atoms with Crippen molar-refractivity contribution >= 4 is 9.97 Å². The van der Waals surface area contributed by atoms with Crippen molar-refractivity contribution in [3.63, 3.8) is 0 Å². The van der Waals surface area contributed by atoms with E-state index in [2.05, 4.69) is 30.9 Å². The molecule has 0 aliphatic carbocycles. The molecule has 1 heteroatoms. The topological polar surface area (TPSA) is 0 Å². The Bertz CT molecular complexity index is 296. The van der Waals surface area contributed by atoms with E-state index in [1.807, 2.05) is 24.3 Å². The molecule has 0 unspecified atom stereocenters. The molecule has 0 saturated carbocycles. The molecule has 0 radical (unpaired) electrons. The number of hydrogen-bond acceptors (Lipinski definition) is 0. The first-order valence-corrected chi connectivity index (χ1v) is 5.19. The summed E-state index contributed by atoms with van der Waals surface area (Å²) in [6, 6.07) is 10.3. The SMILES string of the molecule is C=C[C](=[W])/C=C/c1ccccc1. The van der Waals surface area contributed by atoms with Crippen LogP contribution in [0, 0.1) is 0 Å². The summed E-state index contributed by atoms with van der Waals surface area (Å²) < 4.78 is 1.26. The van der Waals surface area contributed by atoms with Crippen molar-refractivity contribution in [3.05, 3.63) is 54.6 Å². The first-order valence-electron chi connectivity index (χ1n) is 3.72. The van der Waals surface area contributed by atoms with E-state index in [9.17, 15) is 0 Å². The molecular weight excluding hydrogens is 316 g/mol. The van der Waals surface area contributed by atoms with Gasteiger partial charge in [-0.25, -0.2) is 0 Å². The van der Waals surface area contributed by atoms with Gasteiger partial charge in [-0.1, -0.05) is 0 Å². The molecule has 0 saturated heterocycles. The summed E-state index contributed by atoms with van der Waals surface area (Å²) in [7, 11) is 0. The molecule has 60 valence electrons. The van der Waals surface area contributed by atoms with E-state index in [4.69, 9.17) is 0 Å². The zero-order valence-electron chi connectivity index (χ0n) is 6.73. The summed E-state index contributed by atoms with van der Waals surface area (Å²) in [5.41, 5.74) is 1.23. The van der Waals surface area contributed by atoms with E-state index in [1.165, 1.54) is 28.8 Å². The fraction of sp³-hybridized carbons (Fsp3) is 0. The van der Waals surface area contributed by atoms with Gasteiger partial charge in [0.2, 0.25) is 0 Å².